The third-order valence-electron chi connectivity index (χ3n) is 4.08. The molecule has 126 valence electrons. The zero-order valence-corrected chi connectivity index (χ0v) is 16.0. The number of anilines is 1. The Hall–Kier alpha value is -1.05. The molecule has 24 heavy (non-hydrogen) atoms. The Balaban J connectivity index is 1.40. The van der Waals surface area contributed by atoms with Gasteiger partial charge in [-0.15, -0.1) is 10.2 Å². The Morgan fingerprint density at radius 1 is 1.33 bits per heavy atom. The summed E-state index contributed by atoms with van der Waals surface area (Å²) < 4.78 is 3.13. The number of rotatable bonds is 6. The van der Waals surface area contributed by atoms with Gasteiger partial charge in [0.2, 0.25) is 5.91 Å². The predicted molar refractivity (Wildman–Crippen MR) is 98.8 cm³/mol. The molecule has 0 spiro atoms. The minimum Gasteiger partial charge on any atom is -0.324 e. The molecule has 1 aromatic heterocycles. The third-order valence-corrected chi connectivity index (χ3v) is 5.83. The Bertz CT molecular complexity index is 788. The van der Waals surface area contributed by atoms with Gasteiger partial charge in [-0.2, -0.15) is 0 Å². The lowest BCUT2D eigenvalue weighted by Crippen LogP contribution is -2.15. The molecule has 0 bridgehead atoms. The van der Waals surface area contributed by atoms with E-state index in [2.05, 4.69) is 36.0 Å². The molecular formula is C16H16BrClN4OS. The highest BCUT2D eigenvalue weighted by Gasteiger charge is 2.36. The summed E-state index contributed by atoms with van der Waals surface area (Å²) >= 11 is 10.9. The molecule has 0 saturated heterocycles. The van der Waals surface area contributed by atoms with Crippen molar-refractivity contribution in [1.82, 2.24) is 14.8 Å². The molecule has 1 heterocycles. The minimum absolute atomic E-state index is 0.0949. The Morgan fingerprint density at radius 3 is 2.79 bits per heavy atom. The van der Waals surface area contributed by atoms with Crippen molar-refractivity contribution in [2.75, 3.05) is 11.1 Å². The van der Waals surface area contributed by atoms with Crippen LogP contribution in [0.3, 0.4) is 0 Å². The van der Waals surface area contributed by atoms with E-state index in [-0.39, 0.29) is 5.91 Å². The van der Waals surface area contributed by atoms with Crippen molar-refractivity contribution in [3.8, 4) is 0 Å². The van der Waals surface area contributed by atoms with Crippen LogP contribution in [0, 0.1) is 0 Å². The van der Waals surface area contributed by atoms with Crippen LogP contribution in [-0.4, -0.2) is 26.4 Å². The molecule has 8 heteroatoms. The zero-order chi connectivity index (χ0) is 16.7. The number of nitrogens with zero attached hydrogens (tertiary/aromatic N) is 3. The minimum atomic E-state index is -0.0949. The molecule has 1 amide bonds. The van der Waals surface area contributed by atoms with E-state index in [1.54, 1.807) is 12.1 Å². The van der Waals surface area contributed by atoms with Crippen LogP contribution in [0.1, 0.15) is 43.5 Å². The number of carbonyl (C=O) groups excluding carboxylic acids is 1. The SMILES string of the molecule is O=C(CSc1nnc(C2CC2)n1C1CC1)Nc1ccc(Br)cc1Cl. The second-order valence-electron chi connectivity index (χ2n) is 6.18. The molecule has 4 rings (SSSR count). The van der Waals surface area contributed by atoms with Crippen LogP contribution in [0.25, 0.3) is 0 Å². The van der Waals surface area contributed by atoms with Gasteiger partial charge in [-0.05, 0) is 43.9 Å². The number of nitrogens with one attached hydrogen (secondary N) is 1. The summed E-state index contributed by atoms with van der Waals surface area (Å²) in [4.78, 5) is 12.2. The van der Waals surface area contributed by atoms with Crippen molar-refractivity contribution in [3.05, 3.63) is 33.5 Å². The van der Waals surface area contributed by atoms with E-state index >= 15 is 0 Å². The van der Waals surface area contributed by atoms with E-state index in [4.69, 9.17) is 11.6 Å². The van der Waals surface area contributed by atoms with Gasteiger partial charge in [-0.25, -0.2) is 0 Å². The first kappa shape index (κ1) is 16.4. The maximum absolute atomic E-state index is 12.2. The first-order valence-corrected chi connectivity index (χ1v) is 10.1. The summed E-state index contributed by atoms with van der Waals surface area (Å²) in [6.07, 6.45) is 4.79. The van der Waals surface area contributed by atoms with Crippen LogP contribution >= 0.6 is 39.3 Å². The number of thioether (sulfide) groups is 1. The summed E-state index contributed by atoms with van der Waals surface area (Å²) in [6.45, 7) is 0. The van der Waals surface area contributed by atoms with Crippen LogP contribution in [0.15, 0.2) is 27.8 Å². The van der Waals surface area contributed by atoms with Crippen molar-refractivity contribution in [3.63, 3.8) is 0 Å². The van der Waals surface area contributed by atoms with Crippen LogP contribution in [0.5, 0.6) is 0 Å². The first-order valence-electron chi connectivity index (χ1n) is 7.94. The highest BCUT2D eigenvalue weighted by atomic mass is 79.9. The summed E-state index contributed by atoms with van der Waals surface area (Å²) in [5.41, 5.74) is 0.618. The van der Waals surface area contributed by atoms with Gasteiger partial charge in [0.15, 0.2) is 5.16 Å². The highest BCUT2D eigenvalue weighted by molar-refractivity contribution is 9.10. The molecule has 2 aliphatic rings. The summed E-state index contributed by atoms with van der Waals surface area (Å²) in [7, 11) is 0. The maximum atomic E-state index is 12.2. The monoisotopic (exact) mass is 426 g/mol. The van der Waals surface area contributed by atoms with Gasteiger partial charge in [0.1, 0.15) is 5.82 Å². The average Bonchev–Trinajstić information content (AvgIpc) is 3.47. The highest BCUT2D eigenvalue weighted by Crippen LogP contribution is 2.46. The molecule has 5 nitrogen and oxygen atoms in total. The standard InChI is InChI=1S/C16H16BrClN4OS/c17-10-3-6-13(12(18)7-10)19-14(23)8-24-16-21-20-15(9-1-2-9)22(16)11-4-5-11/h3,6-7,9,11H,1-2,4-5,8H2,(H,19,23). The number of carbonyl (C=O) groups is 1. The van der Waals surface area contributed by atoms with Crippen molar-refractivity contribution >= 4 is 50.9 Å². The first-order chi connectivity index (χ1) is 11.6. The van der Waals surface area contributed by atoms with Gasteiger partial charge >= 0.3 is 0 Å². The Labute approximate surface area is 157 Å². The topological polar surface area (TPSA) is 59.8 Å². The lowest BCUT2D eigenvalue weighted by molar-refractivity contribution is -0.113. The number of amides is 1. The molecule has 2 aromatic rings. The summed E-state index contributed by atoms with van der Waals surface area (Å²) in [6, 6.07) is 5.92. The van der Waals surface area contributed by atoms with Crippen molar-refractivity contribution < 1.29 is 4.79 Å². The maximum Gasteiger partial charge on any atom is 0.234 e. The van der Waals surface area contributed by atoms with E-state index in [1.165, 1.54) is 37.4 Å². The summed E-state index contributed by atoms with van der Waals surface area (Å²) in [5.74, 6) is 1.88. The van der Waals surface area contributed by atoms with Crippen LogP contribution < -0.4 is 5.32 Å². The molecular weight excluding hydrogens is 412 g/mol. The number of hydrogen-bond acceptors (Lipinski definition) is 4. The fourth-order valence-corrected chi connectivity index (χ4v) is 4.12. The summed E-state index contributed by atoms with van der Waals surface area (Å²) in [5, 5.41) is 12.9. The zero-order valence-electron chi connectivity index (χ0n) is 12.8. The molecule has 0 atom stereocenters. The van der Waals surface area contributed by atoms with Gasteiger partial charge in [-0.1, -0.05) is 39.3 Å². The molecule has 2 fully saturated rings. The van der Waals surface area contributed by atoms with Crippen LogP contribution in [-0.2, 0) is 4.79 Å². The fourth-order valence-electron chi connectivity index (χ4n) is 2.59. The Kier molecular flexibility index (Phi) is 4.58. The van der Waals surface area contributed by atoms with Crippen LogP contribution in [0.4, 0.5) is 5.69 Å². The fraction of sp³-hybridized carbons (Fsp3) is 0.438. The number of hydrogen-bond donors (Lipinski definition) is 1. The Morgan fingerprint density at radius 2 is 2.12 bits per heavy atom. The van der Waals surface area contributed by atoms with Crippen LogP contribution in [0.2, 0.25) is 5.02 Å². The molecule has 1 aromatic carbocycles. The van der Waals surface area contributed by atoms with E-state index in [1.807, 2.05) is 6.07 Å². The lowest BCUT2D eigenvalue weighted by atomic mass is 10.3. The van der Waals surface area contributed by atoms with Gasteiger partial charge < -0.3 is 9.88 Å². The number of benzene rings is 1. The molecule has 0 aliphatic heterocycles. The van der Waals surface area contributed by atoms with E-state index in [9.17, 15) is 4.79 Å². The second-order valence-corrected chi connectivity index (χ2v) is 8.44. The molecule has 2 saturated carbocycles. The van der Waals surface area contributed by atoms with Gasteiger partial charge in [0.25, 0.3) is 0 Å². The van der Waals surface area contributed by atoms with Crippen molar-refractivity contribution in [2.24, 2.45) is 0 Å². The van der Waals surface area contributed by atoms with Gasteiger partial charge in [0.05, 0.1) is 16.5 Å². The molecule has 1 N–H and O–H groups in total. The average molecular weight is 428 g/mol. The lowest BCUT2D eigenvalue weighted by Gasteiger charge is -2.09. The van der Waals surface area contributed by atoms with E-state index in [0.29, 0.717) is 28.4 Å². The largest absolute Gasteiger partial charge is 0.324 e. The van der Waals surface area contributed by atoms with E-state index in [0.717, 1.165) is 15.5 Å². The molecule has 0 unspecified atom stereocenters. The predicted octanol–water partition coefficient (Wildman–Crippen LogP) is 4.64. The quantitative estimate of drug-likeness (QED) is 0.682. The van der Waals surface area contributed by atoms with Crippen molar-refractivity contribution in [2.45, 2.75) is 42.8 Å². The smallest absolute Gasteiger partial charge is 0.234 e. The number of halogens is 2. The number of aromatic nitrogens is 3. The second kappa shape index (κ2) is 6.69. The third kappa shape index (κ3) is 3.63. The van der Waals surface area contributed by atoms with E-state index < -0.39 is 0 Å². The van der Waals surface area contributed by atoms with Gasteiger partial charge in [-0.3, -0.25) is 4.79 Å². The normalized spacial score (nSPS) is 17.1. The van der Waals surface area contributed by atoms with Crippen molar-refractivity contribution in [1.29, 1.82) is 0 Å². The molecule has 0 radical (unpaired) electrons. The molecule has 2 aliphatic carbocycles. The van der Waals surface area contributed by atoms with Gasteiger partial charge in [0, 0.05) is 16.4 Å².